The van der Waals surface area contributed by atoms with E-state index in [1.54, 1.807) is 0 Å². The van der Waals surface area contributed by atoms with Crippen molar-refractivity contribution in [2.24, 2.45) is 0 Å². The van der Waals surface area contributed by atoms with E-state index in [2.05, 4.69) is 0 Å². The van der Waals surface area contributed by atoms with E-state index in [9.17, 15) is 20.1 Å². The van der Waals surface area contributed by atoms with Crippen LogP contribution in [0.1, 0.15) is 13.8 Å². The predicted molar refractivity (Wildman–Crippen MR) is 48.7 cm³/mol. The van der Waals surface area contributed by atoms with Gasteiger partial charge in [0.25, 0.3) is 0 Å². The highest BCUT2D eigenvalue weighted by Gasteiger charge is 2.60. The summed E-state index contributed by atoms with van der Waals surface area (Å²) in [6, 6.07) is 0. The van der Waals surface area contributed by atoms with Crippen LogP contribution in [0.2, 0.25) is 0 Å². The van der Waals surface area contributed by atoms with E-state index >= 15 is 0 Å². The number of ether oxygens (including phenoxy) is 1. The van der Waals surface area contributed by atoms with Crippen molar-refractivity contribution < 1.29 is 24.9 Å². The molecule has 0 unspecified atom stereocenters. The largest absolute Gasteiger partial charge is 0.388 e. The molecule has 6 heteroatoms. The maximum absolute atomic E-state index is 11.3. The Morgan fingerprint density at radius 3 is 2.53 bits per heavy atom. The monoisotopic (exact) mass is 217 g/mol. The minimum Gasteiger partial charge on any atom is -0.388 e. The van der Waals surface area contributed by atoms with Gasteiger partial charge in [-0.05, 0) is 6.92 Å². The molecule has 0 saturated carbocycles. The summed E-state index contributed by atoms with van der Waals surface area (Å²) in [7, 11) is 0. The van der Waals surface area contributed by atoms with Crippen LogP contribution in [-0.4, -0.2) is 62.8 Å². The van der Waals surface area contributed by atoms with Crippen LogP contribution in [0.3, 0.4) is 0 Å². The van der Waals surface area contributed by atoms with Gasteiger partial charge in [0.05, 0.1) is 6.54 Å². The molecule has 2 fully saturated rings. The molecule has 2 heterocycles. The third-order valence-electron chi connectivity index (χ3n) is 3.27. The van der Waals surface area contributed by atoms with E-state index in [1.165, 1.54) is 18.7 Å². The highest BCUT2D eigenvalue weighted by Crippen LogP contribution is 2.38. The molecule has 0 aromatic carbocycles. The molecule has 5 atom stereocenters. The molecule has 86 valence electrons. The molecule has 2 aliphatic heterocycles. The van der Waals surface area contributed by atoms with Crippen molar-refractivity contribution in [1.82, 2.24) is 4.90 Å². The van der Waals surface area contributed by atoms with Crippen LogP contribution in [0.4, 0.5) is 0 Å². The van der Waals surface area contributed by atoms with Crippen molar-refractivity contribution in [1.29, 1.82) is 0 Å². The van der Waals surface area contributed by atoms with Crippen LogP contribution in [0.5, 0.6) is 0 Å². The first-order valence-corrected chi connectivity index (χ1v) is 4.88. The van der Waals surface area contributed by atoms with Crippen LogP contribution in [0.15, 0.2) is 0 Å². The Bertz CT molecular complexity index is 296. The van der Waals surface area contributed by atoms with Crippen molar-refractivity contribution in [3.63, 3.8) is 0 Å². The standard InChI is InChI=1S/C9H15NO5/c1-4(11)10-3-5-6(12)7(13)8(14)9(10,2)15-5/h5-8,12-14H,3H2,1-2H3/t5-,6+,7-,8-,9-/m0/s1. The molecule has 2 aliphatic rings. The van der Waals surface area contributed by atoms with Crippen LogP contribution < -0.4 is 0 Å². The van der Waals surface area contributed by atoms with Gasteiger partial charge in [-0.3, -0.25) is 4.79 Å². The molecule has 15 heavy (non-hydrogen) atoms. The van der Waals surface area contributed by atoms with Crippen molar-refractivity contribution in [3.8, 4) is 0 Å². The molecular formula is C9H15NO5. The number of carbonyl (C=O) groups excluding carboxylic acids is 1. The van der Waals surface area contributed by atoms with Gasteiger partial charge in [0.1, 0.15) is 24.4 Å². The Labute approximate surface area is 87.1 Å². The second kappa shape index (κ2) is 3.15. The number of hydrogen-bond donors (Lipinski definition) is 3. The molecule has 0 spiro atoms. The molecule has 0 aromatic heterocycles. The lowest BCUT2D eigenvalue weighted by Crippen LogP contribution is -2.62. The summed E-state index contributed by atoms with van der Waals surface area (Å²) in [6.45, 7) is 3.09. The quantitative estimate of drug-likeness (QED) is 0.438. The summed E-state index contributed by atoms with van der Waals surface area (Å²) in [6.07, 6.45) is -4.36. The van der Waals surface area contributed by atoms with Crippen molar-refractivity contribution in [2.75, 3.05) is 6.54 Å². The summed E-state index contributed by atoms with van der Waals surface area (Å²) < 4.78 is 5.40. The van der Waals surface area contributed by atoms with Crippen molar-refractivity contribution in [3.05, 3.63) is 0 Å². The average molecular weight is 217 g/mol. The van der Waals surface area contributed by atoms with Gasteiger partial charge in [0.2, 0.25) is 5.91 Å². The fourth-order valence-corrected chi connectivity index (χ4v) is 2.34. The molecule has 1 amide bonds. The smallest absolute Gasteiger partial charge is 0.221 e. The topological polar surface area (TPSA) is 90.2 Å². The number of aliphatic hydroxyl groups excluding tert-OH is 3. The Morgan fingerprint density at radius 2 is 2.00 bits per heavy atom. The minimum atomic E-state index is -1.30. The second-order valence-corrected chi connectivity index (χ2v) is 4.27. The van der Waals surface area contributed by atoms with Crippen molar-refractivity contribution >= 4 is 5.91 Å². The lowest BCUT2D eigenvalue weighted by atomic mass is 9.95. The molecular weight excluding hydrogens is 202 g/mol. The Morgan fingerprint density at radius 1 is 1.40 bits per heavy atom. The lowest BCUT2D eigenvalue weighted by molar-refractivity contribution is -0.254. The zero-order valence-electron chi connectivity index (χ0n) is 8.62. The van der Waals surface area contributed by atoms with Gasteiger partial charge in [-0.1, -0.05) is 0 Å². The molecule has 2 bridgehead atoms. The number of hydrogen-bond acceptors (Lipinski definition) is 5. The van der Waals surface area contributed by atoms with E-state index in [1.807, 2.05) is 0 Å². The van der Waals surface area contributed by atoms with Gasteiger partial charge in [0.15, 0.2) is 5.72 Å². The van der Waals surface area contributed by atoms with Gasteiger partial charge in [-0.15, -0.1) is 0 Å². The molecule has 0 radical (unpaired) electrons. The Balaban J connectivity index is 2.35. The molecule has 3 N–H and O–H groups in total. The van der Waals surface area contributed by atoms with Gasteiger partial charge < -0.3 is 25.0 Å². The number of nitrogens with zero attached hydrogens (tertiary/aromatic N) is 1. The summed E-state index contributed by atoms with van der Waals surface area (Å²) in [5.74, 6) is -0.250. The third kappa shape index (κ3) is 1.29. The van der Waals surface area contributed by atoms with Gasteiger partial charge in [-0.2, -0.15) is 0 Å². The number of fused-ring (bicyclic) bond motifs is 2. The first kappa shape index (κ1) is 10.8. The summed E-state index contributed by atoms with van der Waals surface area (Å²) in [5.41, 5.74) is -1.23. The predicted octanol–water partition coefficient (Wildman–Crippen LogP) is -1.95. The van der Waals surface area contributed by atoms with E-state index in [0.29, 0.717) is 0 Å². The fraction of sp³-hybridized carbons (Fsp3) is 0.889. The normalized spacial score (nSPS) is 49.5. The van der Waals surface area contributed by atoms with E-state index in [4.69, 9.17) is 4.74 Å². The van der Waals surface area contributed by atoms with E-state index in [-0.39, 0.29) is 12.5 Å². The van der Waals surface area contributed by atoms with Gasteiger partial charge >= 0.3 is 0 Å². The minimum absolute atomic E-state index is 0.196. The average Bonchev–Trinajstić information content (AvgIpc) is 2.50. The van der Waals surface area contributed by atoms with Crippen LogP contribution in [0.25, 0.3) is 0 Å². The first-order chi connectivity index (χ1) is 6.88. The number of carbonyl (C=O) groups is 1. The summed E-state index contributed by atoms with van der Waals surface area (Å²) in [4.78, 5) is 12.7. The summed E-state index contributed by atoms with van der Waals surface area (Å²) >= 11 is 0. The SMILES string of the molecule is CC(=O)N1C[C@@H]2O[C@@]1(C)[C@@H](O)[C@@H](O)[C@@H]2O. The highest BCUT2D eigenvalue weighted by molar-refractivity contribution is 5.74. The maximum atomic E-state index is 11.3. The van der Waals surface area contributed by atoms with Crippen LogP contribution in [-0.2, 0) is 9.53 Å². The zero-order chi connectivity index (χ0) is 11.4. The van der Waals surface area contributed by atoms with E-state index < -0.39 is 30.1 Å². The van der Waals surface area contributed by atoms with Crippen LogP contribution in [0, 0.1) is 0 Å². The summed E-state index contributed by atoms with van der Waals surface area (Å²) in [5, 5.41) is 28.9. The highest BCUT2D eigenvalue weighted by atomic mass is 16.6. The zero-order valence-corrected chi connectivity index (χ0v) is 8.62. The molecule has 2 rings (SSSR count). The van der Waals surface area contributed by atoms with Crippen molar-refractivity contribution in [2.45, 2.75) is 44.0 Å². The lowest BCUT2D eigenvalue weighted by Gasteiger charge is -2.42. The number of amides is 1. The Hall–Kier alpha value is -0.690. The Kier molecular flexibility index (Phi) is 2.27. The van der Waals surface area contributed by atoms with Crippen LogP contribution >= 0.6 is 0 Å². The second-order valence-electron chi connectivity index (χ2n) is 4.27. The number of likely N-dealkylation sites (tertiary alicyclic amines) is 1. The fourth-order valence-electron chi connectivity index (χ4n) is 2.34. The third-order valence-corrected chi connectivity index (χ3v) is 3.27. The maximum Gasteiger partial charge on any atom is 0.221 e. The molecule has 0 aliphatic carbocycles. The van der Waals surface area contributed by atoms with E-state index in [0.717, 1.165) is 0 Å². The molecule has 2 saturated heterocycles. The van der Waals surface area contributed by atoms with Gasteiger partial charge in [-0.25, -0.2) is 0 Å². The number of aliphatic hydroxyl groups is 3. The van der Waals surface area contributed by atoms with Gasteiger partial charge in [0, 0.05) is 6.92 Å². The molecule has 6 nitrogen and oxygen atoms in total. The first-order valence-electron chi connectivity index (χ1n) is 4.88. The molecule has 0 aromatic rings. The number of rotatable bonds is 0.